The summed E-state index contributed by atoms with van der Waals surface area (Å²) in [6, 6.07) is 15.3. The Morgan fingerprint density at radius 1 is 1.21 bits per heavy atom. The molecule has 0 atom stereocenters. The first-order valence-corrected chi connectivity index (χ1v) is 8.34. The number of para-hydroxylation sites is 2. The summed E-state index contributed by atoms with van der Waals surface area (Å²) in [7, 11) is 1.64. The standard InChI is InChI=1S/C17H18N4O2S/c1-23-13-8-6-12(7-9-13)10-11-18-16(22)21-24-17-19-14-4-2-3-5-15(14)20-17/h2-9H,10-11H2,1H3,(H,19,20)(H2,18,21,22). The summed E-state index contributed by atoms with van der Waals surface area (Å²) in [5.74, 6) is 0.826. The molecule has 1 aromatic heterocycles. The zero-order chi connectivity index (χ0) is 16.8. The lowest BCUT2D eigenvalue weighted by Crippen LogP contribution is -2.32. The first-order valence-electron chi connectivity index (χ1n) is 7.53. The SMILES string of the molecule is COc1ccc(CCNC(=O)NSc2nc3ccccc3[nH]2)cc1. The number of methoxy groups -OCH3 is 1. The number of carbonyl (C=O) groups excluding carboxylic acids is 1. The van der Waals surface area contributed by atoms with Gasteiger partial charge in [-0.1, -0.05) is 24.3 Å². The van der Waals surface area contributed by atoms with Crippen LogP contribution in [0.25, 0.3) is 11.0 Å². The molecule has 0 saturated carbocycles. The summed E-state index contributed by atoms with van der Waals surface area (Å²) in [6.45, 7) is 0.554. The fourth-order valence-corrected chi connectivity index (χ4v) is 2.79. The third kappa shape index (κ3) is 4.20. The van der Waals surface area contributed by atoms with Crippen molar-refractivity contribution in [1.29, 1.82) is 0 Å². The maximum atomic E-state index is 11.8. The number of carbonyl (C=O) groups is 1. The molecule has 0 bridgehead atoms. The summed E-state index contributed by atoms with van der Waals surface area (Å²) in [5, 5.41) is 3.47. The highest BCUT2D eigenvalue weighted by Crippen LogP contribution is 2.16. The van der Waals surface area contributed by atoms with Crippen LogP contribution in [0.5, 0.6) is 5.75 Å². The van der Waals surface area contributed by atoms with E-state index < -0.39 is 0 Å². The molecule has 3 N–H and O–H groups in total. The number of H-pyrrole nitrogens is 1. The number of rotatable bonds is 6. The third-order valence-electron chi connectivity index (χ3n) is 3.47. The van der Waals surface area contributed by atoms with Crippen molar-refractivity contribution in [2.24, 2.45) is 0 Å². The fraction of sp³-hybridized carbons (Fsp3) is 0.176. The highest BCUT2D eigenvalue weighted by molar-refractivity contribution is 7.97. The van der Waals surface area contributed by atoms with Crippen LogP contribution in [0.15, 0.2) is 53.7 Å². The van der Waals surface area contributed by atoms with Gasteiger partial charge in [0.25, 0.3) is 0 Å². The molecule has 0 saturated heterocycles. The second-order valence-electron chi connectivity index (χ2n) is 5.12. The average molecular weight is 342 g/mol. The molecule has 0 unspecified atom stereocenters. The van der Waals surface area contributed by atoms with Crippen molar-refractivity contribution in [3.63, 3.8) is 0 Å². The minimum atomic E-state index is -0.242. The number of ether oxygens (including phenoxy) is 1. The molecule has 0 aliphatic carbocycles. The molecule has 3 aromatic rings. The quantitative estimate of drug-likeness (QED) is 0.601. The lowest BCUT2D eigenvalue weighted by atomic mass is 10.1. The van der Waals surface area contributed by atoms with Gasteiger partial charge < -0.3 is 15.0 Å². The second-order valence-corrected chi connectivity index (χ2v) is 5.91. The van der Waals surface area contributed by atoms with Gasteiger partial charge >= 0.3 is 6.03 Å². The van der Waals surface area contributed by atoms with Crippen molar-refractivity contribution >= 4 is 29.0 Å². The molecule has 0 fully saturated rings. The monoisotopic (exact) mass is 342 g/mol. The van der Waals surface area contributed by atoms with Crippen molar-refractivity contribution in [1.82, 2.24) is 20.0 Å². The number of imidazole rings is 1. The molecule has 24 heavy (non-hydrogen) atoms. The lowest BCUT2D eigenvalue weighted by molar-refractivity contribution is 0.246. The number of benzene rings is 2. The van der Waals surface area contributed by atoms with Gasteiger partial charge in [-0.25, -0.2) is 9.78 Å². The van der Waals surface area contributed by atoms with E-state index in [9.17, 15) is 4.79 Å². The molecule has 3 rings (SSSR count). The summed E-state index contributed by atoms with van der Waals surface area (Å²) in [4.78, 5) is 19.3. The summed E-state index contributed by atoms with van der Waals surface area (Å²) < 4.78 is 7.83. The molecule has 2 aromatic carbocycles. The van der Waals surface area contributed by atoms with Crippen molar-refractivity contribution < 1.29 is 9.53 Å². The van der Waals surface area contributed by atoms with E-state index in [1.54, 1.807) is 7.11 Å². The molecule has 0 spiro atoms. The van der Waals surface area contributed by atoms with Crippen LogP contribution in [0.3, 0.4) is 0 Å². The van der Waals surface area contributed by atoms with Crippen molar-refractivity contribution in [2.75, 3.05) is 13.7 Å². The van der Waals surface area contributed by atoms with Crippen molar-refractivity contribution in [2.45, 2.75) is 11.6 Å². The molecular weight excluding hydrogens is 324 g/mol. The Labute approximate surface area is 144 Å². The molecule has 6 nitrogen and oxygen atoms in total. The van der Waals surface area contributed by atoms with Gasteiger partial charge in [0.1, 0.15) is 5.75 Å². The van der Waals surface area contributed by atoms with E-state index in [0.717, 1.165) is 40.7 Å². The first-order chi connectivity index (χ1) is 11.7. The smallest absolute Gasteiger partial charge is 0.325 e. The predicted molar refractivity (Wildman–Crippen MR) is 95.2 cm³/mol. The van der Waals surface area contributed by atoms with Crippen molar-refractivity contribution in [3.05, 3.63) is 54.1 Å². The molecule has 0 aliphatic rings. The average Bonchev–Trinajstić information content (AvgIpc) is 3.03. The van der Waals surface area contributed by atoms with Gasteiger partial charge in [0.05, 0.1) is 18.1 Å². The number of nitrogens with one attached hydrogen (secondary N) is 3. The molecule has 0 radical (unpaired) electrons. The molecule has 0 aliphatic heterocycles. The Kier molecular flexibility index (Phi) is 5.22. The van der Waals surface area contributed by atoms with Crippen LogP contribution in [0, 0.1) is 0 Å². The highest BCUT2D eigenvalue weighted by Gasteiger charge is 2.05. The Hall–Kier alpha value is -2.67. The van der Waals surface area contributed by atoms with Gasteiger partial charge in [-0.3, -0.25) is 4.72 Å². The third-order valence-corrected chi connectivity index (χ3v) is 4.14. The van der Waals surface area contributed by atoms with E-state index >= 15 is 0 Å². The van der Waals surface area contributed by atoms with Gasteiger partial charge in [-0.05, 0) is 36.2 Å². The zero-order valence-electron chi connectivity index (χ0n) is 13.2. The number of amides is 2. The van der Waals surface area contributed by atoms with Crippen LogP contribution in [0.1, 0.15) is 5.56 Å². The van der Waals surface area contributed by atoms with E-state index in [1.165, 1.54) is 0 Å². The number of urea groups is 1. The summed E-state index contributed by atoms with van der Waals surface area (Å²) >= 11 is 1.16. The van der Waals surface area contributed by atoms with Crippen molar-refractivity contribution in [3.8, 4) is 5.75 Å². The van der Waals surface area contributed by atoms with Gasteiger partial charge in [0, 0.05) is 18.5 Å². The number of aromatic amines is 1. The Morgan fingerprint density at radius 2 is 2.00 bits per heavy atom. The van der Waals surface area contributed by atoms with Gasteiger partial charge in [0.15, 0.2) is 5.16 Å². The fourth-order valence-electron chi connectivity index (χ4n) is 2.22. The topological polar surface area (TPSA) is 79.0 Å². The van der Waals surface area contributed by atoms with Crippen LogP contribution in [-0.2, 0) is 6.42 Å². The van der Waals surface area contributed by atoms with Crippen LogP contribution in [0.2, 0.25) is 0 Å². The Morgan fingerprint density at radius 3 is 2.75 bits per heavy atom. The maximum absolute atomic E-state index is 11.8. The Bertz CT molecular complexity index is 784. The van der Waals surface area contributed by atoms with E-state index in [-0.39, 0.29) is 6.03 Å². The molecular formula is C17H18N4O2S. The van der Waals surface area contributed by atoms with Crippen LogP contribution in [0.4, 0.5) is 4.79 Å². The number of fused-ring (bicyclic) bond motifs is 1. The minimum Gasteiger partial charge on any atom is -0.497 e. The zero-order valence-corrected chi connectivity index (χ0v) is 14.0. The van der Waals surface area contributed by atoms with Gasteiger partial charge in [0.2, 0.25) is 0 Å². The number of nitrogens with zero attached hydrogens (tertiary/aromatic N) is 1. The van der Waals surface area contributed by atoms with E-state index in [0.29, 0.717) is 11.7 Å². The summed E-state index contributed by atoms with van der Waals surface area (Å²) in [6.07, 6.45) is 0.757. The van der Waals surface area contributed by atoms with Gasteiger partial charge in [-0.2, -0.15) is 0 Å². The minimum absolute atomic E-state index is 0.242. The highest BCUT2D eigenvalue weighted by atomic mass is 32.2. The number of hydrogen-bond acceptors (Lipinski definition) is 4. The number of hydrogen-bond donors (Lipinski definition) is 3. The maximum Gasteiger partial charge on any atom is 0.325 e. The van der Waals surface area contributed by atoms with E-state index in [1.807, 2.05) is 48.5 Å². The largest absolute Gasteiger partial charge is 0.497 e. The Balaban J connectivity index is 1.42. The van der Waals surface area contributed by atoms with E-state index in [4.69, 9.17) is 4.74 Å². The van der Waals surface area contributed by atoms with Crippen LogP contribution in [-0.4, -0.2) is 29.7 Å². The number of aromatic nitrogens is 2. The van der Waals surface area contributed by atoms with Crippen LogP contribution >= 0.6 is 11.9 Å². The normalized spacial score (nSPS) is 10.5. The first kappa shape index (κ1) is 16.2. The van der Waals surface area contributed by atoms with Crippen LogP contribution < -0.4 is 14.8 Å². The van der Waals surface area contributed by atoms with E-state index in [2.05, 4.69) is 20.0 Å². The summed E-state index contributed by atoms with van der Waals surface area (Å²) in [5.41, 5.74) is 2.96. The predicted octanol–water partition coefficient (Wildman–Crippen LogP) is 3.12. The second kappa shape index (κ2) is 7.74. The molecule has 2 amide bonds. The molecule has 124 valence electrons. The lowest BCUT2D eigenvalue weighted by Gasteiger charge is -2.06. The molecule has 1 heterocycles. The molecule has 7 heteroatoms. The van der Waals surface area contributed by atoms with Gasteiger partial charge in [-0.15, -0.1) is 0 Å².